The molecule has 0 spiro atoms. The first-order valence-electron chi connectivity index (χ1n) is 5.47. The number of ether oxygens (including phenoxy) is 1. The van der Waals surface area contributed by atoms with Crippen molar-refractivity contribution in [3.8, 4) is 0 Å². The second-order valence-corrected chi connectivity index (χ2v) is 4.77. The Morgan fingerprint density at radius 3 is 2.50 bits per heavy atom. The zero-order chi connectivity index (χ0) is 13.8. The Morgan fingerprint density at radius 1 is 1.33 bits per heavy atom. The Bertz CT molecular complexity index is 484. The molecule has 4 heteroatoms. The number of carbonyl (C=O) groups is 2. The lowest BCUT2D eigenvalue weighted by molar-refractivity contribution is -0.148. The standard InChI is InChI=1S/C14H15FO3/c1-14(2,3)18-13(17)7-5-10-4-6-11(9-16)12(15)8-10/h4-9H,1-3H3. The molecule has 0 radical (unpaired) electrons. The number of aldehydes is 1. The highest BCUT2D eigenvalue weighted by molar-refractivity contribution is 5.87. The highest BCUT2D eigenvalue weighted by Crippen LogP contribution is 2.11. The summed E-state index contributed by atoms with van der Waals surface area (Å²) >= 11 is 0. The molecule has 1 aromatic carbocycles. The lowest BCUT2D eigenvalue weighted by Gasteiger charge is -2.17. The summed E-state index contributed by atoms with van der Waals surface area (Å²) in [5, 5.41) is 0. The number of carbonyl (C=O) groups excluding carboxylic acids is 2. The maximum atomic E-state index is 13.3. The molecule has 0 aliphatic rings. The summed E-state index contributed by atoms with van der Waals surface area (Å²) in [6.45, 7) is 5.28. The zero-order valence-electron chi connectivity index (χ0n) is 10.6. The van der Waals surface area contributed by atoms with E-state index in [1.165, 1.54) is 24.3 Å². The van der Waals surface area contributed by atoms with Gasteiger partial charge in [-0.25, -0.2) is 9.18 Å². The van der Waals surface area contributed by atoms with Crippen LogP contribution in [0.1, 0.15) is 36.7 Å². The first kappa shape index (κ1) is 14.1. The van der Waals surface area contributed by atoms with Crippen LogP contribution in [0, 0.1) is 5.82 Å². The molecule has 3 nitrogen and oxygen atoms in total. The van der Waals surface area contributed by atoms with Gasteiger partial charge in [-0.05, 0) is 44.5 Å². The van der Waals surface area contributed by atoms with Crippen LogP contribution in [0.3, 0.4) is 0 Å². The van der Waals surface area contributed by atoms with E-state index in [0.29, 0.717) is 11.8 Å². The third-order valence-corrected chi connectivity index (χ3v) is 1.97. The van der Waals surface area contributed by atoms with Gasteiger partial charge in [-0.1, -0.05) is 6.07 Å². The van der Waals surface area contributed by atoms with Gasteiger partial charge in [0.1, 0.15) is 11.4 Å². The number of benzene rings is 1. The second-order valence-electron chi connectivity index (χ2n) is 4.77. The van der Waals surface area contributed by atoms with Crippen LogP contribution in [0.4, 0.5) is 4.39 Å². The van der Waals surface area contributed by atoms with Crippen LogP contribution < -0.4 is 0 Å². The van der Waals surface area contributed by atoms with Gasteiger partial charge >= 0.3 is 5.97 Å². The van der Waals surface area contributed by atoms with Crippen LogP contribution in [0.2, 0.25) is 0 Å². The van der Waals surface area contributed by atoms with E-state index >= 15 is 0 Å². The van der Waals surface area contributed by atoms with Crippen LogP contribution >= 0.6 is 0 Å². The van der Waals surface area contributed by atoms with Crippen molar-refractivity contribution in [2.45, 2.75) is 26.4 Å². The summed E-state index contributed by atoms with van der Waals surface area (Å²) in [4.78, 5) is 21.8. The van der Waals surface area contributed by atoms with E-state index in [4.69, 9.17) is 4.74 Å². The molecular weight excluding hydrogens is 235 g/mol. The Hall–Kier alpha value is -1.97. The van der Waals surface area contributed by atoms with Gasteiger partial charge in [-0.15, -0.1) is 0 Å². The molecule has 0 N–H and O–H groups in total. The van der Waals surface area contributed by atoms with Gasteiger partial charge in [0.15, 0.2) is 6.29 Å². The van der Waals surface area contributed by atoms with Gasteiger partial charge < -0.3 is 4.74 Å². The number of hydrogen-bond acceptors (Lipinski definition) is 3. The van der Waals surface area contributed by atoms with Crippen molar-refractivity contribution in [3.63, 3.8) is 0 Å². The number of rotatable bonds is 3. The average Bonchev–Trinajstić information content (AvgIpc) is 2.24. The van der Waals surface area contributed by atoms with Crippen molar-refractivity contribution in [2.75, 3.05) is 0 Å². The molecule has 0 unspecified atom stereocenters. The highest BCUT2D eigenvalue weighted by Gasteiger charge is 2.13. The maximum Gasteiger partial charge on any atom is 0.331 e. The van der Waals surface area contributed by atoms with Crippen molar-refractivity contribution in [1.82, 2.24) is 0 Å². The van der Waals surface area contributed by atoms with E-state index in [-0.39, 0.29) is 5.56 Å². The number of hydrogen-bond donors (Lipinski definition) is 0. The molecule has 0 fully saturated rings. The van der Waals surface area contributed by atoms with Crippen LogP contribution in [0.5, 0.6) is 0 Å². The molecule has 0 saturated carbocycles. The Labute approximate surface area is 105 Å². The van der Waals surface area contributed by atoms with Crippen LogP contribution in [0.25, 0.3) is 6.08 Å². The van der Waals surface area contributed by atoms with Crippen LogP contribution in [0.15, 0.2) is 24.3 Å². The molecule has 0 amide bonds. The molecule has 0 aromatic heterocycles. The fourth-order valence-corrected chi connectivity index (χ4v) is 1.24. The third-order valence-electron chi connectivity index (χ3n) is 1.97. The van der Waals surface area contributed by atoms with Gasteiger partial charge in [0.2, 0.25) is 0 Å². The highest BCUT2D eigenvalue weighted by atomic mass is 19.1. The van der Waals surface area contributed by atoms with Gasteiger partial charge in [0.05, 0.1) is 5.56 Å². The van der Waals surface area contributed by atoms with E-state index in [9.17, 15) is 14.0 Å². The third kappa shape index (κ3) is 4.49. The van der Waals surface area contributed by atoms with Crippen LogP contribution in [-0.4, -0.2) is 17.9 Å². The summed E-state index contributed by atoms with van der Waals surface area (Å²) in [7, 11) is 0. The quantitative estimate of drug-likeness (QED) is 0.470. The fraction of sp³-hybridized carbons (Fsp3) is 0.286. The van der Waals surface area contributed by atoms with E-state index in [0.717, 1.165) is 0 Å². The van der Waals surface area contributed by atoms with Crippen molar-refractivity contribution in [1.29, 1.82) is 0 Å². The molecule has 0 saturated heterocycles. The predicted molar refractivity (Wildman–Crippen MR) is 66.7 cm³/mol. The van der Waals surface area contributed by atoms with Gasteiger partial charge in [0.25, 0.3) is 0 Å². The monoisotopic (exact) mass is 250 g/mol. The van der Waals surface area contributed by atoms with Gasteiger partial charge in [-0.2, -0.15) is 0 Å². The minimum Gasteiger partial charge on any atom is -0.457 e. The normalized spacial score (nSPS) is 11.6. The lowest BCUT2D eigenvalue weighted by atomic mass is 10.1. The first-order valence-corrected chi connectivity index (χ1v) is 5.47. The molecule has 0 aliphatic carbocycles. The Balaban J connectivity index is 2.76. The van der Waals surface area contributed by atoms with E-state index in [1.54, 1.807) is 26.8 Å². The number of esters is 1. The summed E-state index contributed by atoms with van der Waals surface area (Å²) < 4.78 is 18.3. The van der Waals surface area contributed by atoms with E-state index < -0.39 is 17.4 Å². The molecular formula is C14H15FO3. The minimum absolute atomic E-state index is 0.00980. The SMILES string of the molecule is CC(C)(C)OC(=O)C=Cc1ccc(C=O)c(F)c1. The molecule has 1 rings (SSSR count). The maximum absolute atomic E-state index is 13.3. The van der Waals surface area contributed by atoms with E-state index in [2.05, 4.69) is 0 Å². The van der Waals surface area contributed by atoms with Crippen molar-refractivity contribution in [2.24, 2.45) is 0 Å². The summed E-state index contributed by atoms with van der Waals surface area (Å²) in [6, 6.07) is 4.09. The first-order chi connectivity index (χ1) is 8.31. The van der Waals surface area contributed by atoms with Gasteiger partial charge in [0, 0.05) is 6.08 Å². The molecule has 96 valence electrons. The fourth-order valence-electron chi connectivity index (χ4n) is 1.24. The van der Waals surface area contributed by atoms with E-state index in [1.807, 2.05) is 0 Å². The van der Waals surface area contributed by atoms with Crippen molar-refractivity contribution >= 4 is 18.3 Å². The Kier molecular flexibility index (Phi) is 4.37. The smallest absolute Gasteiger partial charge is 0.331 e. The topological polar surface area (TPSA) is 43.4 Å². The molecule has 0 bridgehead atoms. The minimum atomic E-state index is -0.615. The molecule has 0 atom stereocenters. The summed E-state index contributed by atoms with van der Waals surface area (Å²) in [5.41, 5.74) is -0.0815. The zero-order valence-corrected chi connectivity index (χ0v) is 10.6. The predicted octanol–water partition coefficient (Wildman–Crippen LogP) is 2.99. The summed E-state index contributed by atoms with van der Waals surface area (Å²) in [6.07, 6.45) is 3.10. The van der Waals surface area contributed by atoms with Crippen molar-refractivity contribution in [3.05, 3.63) is 41.2 Å². The number of halogens is 1. The van der Waals surface area contributed by atoms with Gasteiger partial charge in [-0.3, -0.25) is 4.79 Å². The Morgan fingerprint density at radius 2 is 2.00 bits per heavy atom. The molecule has 18 heavy (non-hydrogen) atoms. The van der Waals surface area contributed by atoms with Crippen molar-refractivity contribution < 1.29 is 18.7 Å². The molecule has 0 aliphatic heterocycles. The summed E-state index contributed by atoms with van der Waals surface area (Å²) in [5.74, 6) is -1.11. The lowest BCUT2D eigenvalue weighted by Crippen LogP contribution is -2.22. The average molecular weight is 250 g/mol. The molecule has 0 heterocycles. The second kappa shape index (κ2) is 5.58. The molecule has 1 aromatic rings. The van der Waals surface area contributed by atoms with Crippen LogP contribution in [-0.2, 0) is 9.53 Å². The largest absolute Gasteiger partial charge is 0.457 e.